The van der Waals surface area contributed by atoms with Crippen molar-refractivity contribution in [1.82, 2.24) is 0 Å². The van der Waals surface area contributed by atoms with E-state index in [1.165, 1.54) is 5.57 Å². The minimum absolute atomic E-state index is 0.00109. The molecule has 3 aliphatic rings. The van der Waals surface area contributed by atoms with Crippen LogP contribution in [0.25, 0.3) is 0 Å². The van der Waals surface area contributed by atoms with E-state index in [1.54, 1.807) is 0 Å². The van der Waals surface area contributed by atoms with Gasteiger partial charge in [0.05, 0.1) is 24.0 Å². The highest BCUT2D eigenvalue weighted by Crippen LogP contribution is 2.46. The van der Waals surface area contributed by atoms with Crippen molar-refractivity contribution in [3.05, 3.63) is 23.8 Å². The molecule has 3 rings (SSSR count). The van der Waals surface area contributed by atoms with Crippen molar-refractivity contribution in [1.29, 1.82) is 0 Å². The molecule has 34 heavy (non-hydrogen) atoms. The van der Waals surface area contributed by atoms with Crippen LogP contribution in [0, 0.1) is 29.1 Å². The van der Waals surface area contributed by atoms with Crippen LogP contribution in [0.3, 0.4) is 0 Å². The second kappa shape index (κ2) is 10.5. The molecule has 1 heterocycles. The summed E-state index contributed by atoms with van der Waals surface area (Å²) in [6.45, 7) is 14.2. The topological polar surface area (TPSA) is 87.9 Å². The summed E-state index contributed by atoms with van der Waals surface area (Å²) in [6, 6.07) is 0. The second-order valence-corrected chi connectivity index (χ2v) is 11.8. The molecule has 6 heteroatoms. The van der Waals surface area contributed by atoms with Gasteiger partial charge in [-0.05, 0) is 76.7 Å². The lowest BCUT2D eigenvalue weighted by molar-refractivity contribution is -0.300. The van der Waals surface area contributed by atoms with Gasteiger partial charge in [-0.2, -0.15) is 0 Å². The first-order valence-corrected chi connectivity index (χ1v) is 13.1. The van der Waals surface area contributed by atoms with E-state index < -0.39 is 11.2 Å². The summed E-state index contributed by atoms with van der Waals surface area (Å²) in [7, 11) is 0. The molecule has 0 aromatic heterocycles. The maximum absolute atomic E-state index is 13.0. The second-order valence-electron chi connectivity index (χ2n) is 11.8. The molecule has 2 aliphatic carbocycles. The van der Waals surface area contributed by atoms with Crippen LogP contribution in [-0.4, -0.2) is 36.0 Å². The van der Waals surface area contributed by atoms with Crippen molar-refractivity contribution < 1.29 is 23.8 Å². The maximum atomic E-state index is 13.0. The number of allylic oxidation sites excluding steroid dienone is 3. The maximum Gasteiger partial charge on any atom is 0.311 e. The van der Waals surface area contributed by atoms with Gasteiger partial charge in [0.15, 0.2) is 5.79 Å². The van der Waals surface area contributed by atoms with Gasteiger partial charge < -0.3 is 19.9 Å². The van der Waals surface area contributed by atoms with Gasteiger partial charge in [-0.1, -0.05) is 39.0 Å². The molecule has 1 aliphatic heterocycles. The van der Waals surface area contributed by atoms with E-state index in [-0.39, 0.29) is 42.5 Å². The van der Waals surface area contributed by atoms with Crippen LogP contribution in [0.5, 0.6) is 0 Å². The standard InChI is InChI=1S/C28H45NO5/c1-8-27(4,5)26(31)32-23-14-17(2)13-19-10-9-18(3)22(25(19)23)12-11-20-15-21(16-24(29)30)34-28(6,7)33-20/h9-10,13,17-18,20-23,25H,8,11-12,14-16H2,1-7H3,(H2,29,30)/t17?,18?,20-,21-,22?,23?,25?/m1/s1. The van der Waals surface area contributed by atoms with Crippen molar-refractivity contribution in [2.75, 3.05) is 0 Å². The Kier molecular flexibility index (Phi) is 8.34. The molecule has 0 saturated carbocycles. The fourth-order valence-electron chi connectivity index (χ4n) is 5.79. The number of hydrogen-bond acceptors (Lipinski definition) is 5. The predicted molar refractivity (Wildman–Crippen MR) is 133 cm³/mol. The number of carbonyl (C=O) groups excluding carboxylic acids is 2. The lowest BCUT2D eigenvalue weighted by Gasteiger charge is -2.45. The van der Waals surface area contributed by atoms with Gasteiger partial charge in [-0.15, -0.1) is 0 Å². The molecule has 6 nitrogen and oxygen atoms in total. The van der Waals surface area contributed by atoms with Gasteiger partial charge in [0.25, 0.3) is 0 Å². The van der Waals surface area contributed by atoms with E-state index in [1.807, 2.05) is 34.6 Å². The Morgan fingerprint density at radius 1 is 1.15 bits per heavy atom. The van der Waals surface area contributed by atoms with E-state index in [4.69, 9.17) is 19.9 Å². The first-order valence-electron chi connectivity index (χ1n) is 13.1. The van der Waals surface area contributed by atoms with Crippen LogP contribution in [0.2, 0.25) is 0 Å². The van der Waals surface area contributed by atoms with Crippen molar-refractivity contribution in [3.63, 3.8) is 0 Å². The quantitative estimate of drug-likeness (QED) is 0.481. The number of hydrogen-bond donors (Lipinski definition) is 1. The highest BCUT2D eigenvalue weighted by molar-refractivity contribution is 5.76. The molecule has 192 valence electrons. The van der Waals surface area contributed by atoms with Crippen LogP contribution in [-0.2, 0) is 23.8 Å². The highest BCUT2D eigenvalue weighted by Gasteiger charge is 2.44. The highest BCUT2D eigenvalue weighted by atomic mass is 16.7. The molecule has 1 fully saturated rings. The Bertz CT molecular complexity index is 814. The van der Waals surface area contributed by atoms with Crippen LogP contribution < -0.4 is 5.73 Å². The van der Waals surface area contributed by atoms with Gasteiger partial charge in [-0.25, -0.2) is 0 Å². The Balaban J connectivity index is 1.75. The molecule has 2 N–H and O–H groups in total. The molecule has 0 aromatic rings. The summed E-state index contributed by atoms with van der Waals surface area (Å²) >= 11 is 0. The summed E-state index contributed by atoms with van der Waals surface area (Å²) in [6.07, 6.45) is 10.9. The third-order valence-corrected chi connectivity index (χ3v) is 7.97. The van der Waals surface area contributed by atoms with E-state index in [0.29, 0.717) is 24.2 Å². The Morgan fingerprint density at radius 2 is 1.82 bits per heavy atom. The van der Waals surface area contributed by atoms with Crippen molar-refractivity contribution in [3.8, 4) is 0 Å². The number of nitrogens with two attached hydrogens (primary N) is 1. The largest absolute Gasteiger partial charge is 0.461 e. The number of fused-ring (bicyclic) bond motifs is 1. The molecular weight excluding hydrogens is 430 g/mol. The SMILES string of the molecule is CCC(C)(C)C(=O)OC1CC(C)C=C2C=CC(C)C(CC[C@@H]3C[C@H](CC(N)=O)OC(C)(C)O3)C21. The fraction of sp³-hybridized carbons (Fsp3) is 0.786. The van der Waals surface area contributed by atoms with E-state index in [2.05, 4.69) is 32.1 Å². The van der Waals surface area contributed by atoms with Gasteiger partial charge in [0, 0.05) is 12.3 Å². The van der Waals surface area contributed by atoms with E-state index >= 15 is 0 Å². The zero-order valence-electron chi connectivity index (χ0n) is 22.1. The molecule has 0 bridgehead atoms. The lowest BCUT2D eigenvalue weighted by atomic mass is 9.65. The fourth-order valence-corrected chi connectivity index (χ4v) is 5.79. The minimum atomic E-state index is -0.740. The minimum Gasteiger partial charge on any atom is -0.461 e. The molecule has 7 atom stereocenters. The van der Waals surface area contributed by atoms with Crippen LogP contribution >= 0.6 is 0 Å². The number of esters is 1. The monoisotopic (exact) mass is 475 g/mol. The van der Waals surface area contributed by atoms with E-state index in [9.17, 15) is 9.59 Å². The van der Waals surface area contributed by atoms with Gasteiger partial charge in [0.2, 0.25) is 5.91 Å². The number of ether oxygens (including phenoxy) is 3. The van der Waals surface area contributed by atoms with Crippen LogP contribution in [0.15, 0.2) is 23.8 Å². The molecule has 5 unspecified atom stereocenters. The Labute approximate surface area is 205 Å². The third-order valence-electron chi connectivity index (χ3n) is 7.97. The summed E-state index contributed by atoms with van der Waals surface area (Å²) in [4.78, 5) is 24.5. The van der Waals surface area contributed by atoms with E-state index in [0.717, 1.165) is 25.7 Å². The number of rotatable bonds is 8. The first kappa shape index (κ1) is 26.9. The molecule has 1 saturated heterocycles. The Hall–Kier alpha value is -1.66. The smallest absolute Gasteiger partial charge is 0.311 e. The summed E-state index contributed by atoms with van der Waals surface area (Å²) < 4.78 is 18.4. The zero-order chi connectivity index (χ0) is 25.3. The summed E-state index contributed by atoms with van der Waals surface area (Å²) in [5.41, 5.74) is 6.25. The summed E-state index contributed by atoms with van der Waals surface area (Å²) in [5, 5.41) is 0. The molecule has 0 aromatic carbocycles. The molecular formula is C28H45NO5. The molecule has 1 amide bonds. The van der Waals surface area contributed by atoms with Crippen LogP contribution in [0.4, 0.5) is 0 Å². The Morgan fingerprint density at radius 3 is 2.47 bits per heavy atom. The average molecular weight is 476 g/mol. The predicted octanol–water partition coefficient (Wildman–Crippen LogP) is 5.30. The first-order chi connectivity index (χ1) is 15.8. The van der Waals surface area contributed by atoms with Crippen molar-refractivity contribution in [2.45, 2.75) is 111 Å². The number of carbonyl (C=O) groups is 2. The number of primary amides is 1. The van der Waals surface area contributed by atoms with Crippen molar-refractivity contribution in [2.24, 2.45) is 34.8 Å². The number of amides is 1. The summed E-state index contributed by atoms with van der Waals surface area (Å²) in [5.74, 6) is 0.122. The third kappa shape index (κ3) is 6.51. The van der Waals surface area contributed by atoms with Gasteiger partial charge in [0.1, 0.15) is 6.10 Å². The lowest BCUT2D eigenvalue weighted by Crippen LogP contribution is -2.46. The average Bonchev–Trinajstić information content (AvgIpc) is 2.71. The normalized spacial score (nSPS) is 35.3. The van der Waals surface area contributed by atoms with Crippen molar-refractivity contribution >= 4 is 11.9 Å². The zero-order valence-corrected chi connectivity index (χ0v) is 22.1. The molecule has 0 spiro atoms. The van der Waals surface area contributed by atoms with Gasteiger partial charge >= 0.3 is 5.97 Å². The van der Waals surface area contributed by atoms with Gasteiger partial charge in [-0.3, -0.25) is 9.59 Å². The van der Waals surface area contributed by atoms with Crippen LogP contribution in [0.1, 0.15) is 87.0 Å². The molecule has 0 radical (unpaired) electrons.